The van der Waals surface area contributed by atoms with Gasteiger partial charge in [0, 0.05) is 30.1 Å². The Labute approximate surface area is 172 Å². The molecule has 5 nitrogen and oxygen atoms in total. The van der Waals surface area contributed by atoms with Crippen LogP contribution in [0.15, 0.2) is 28.9 Å². The van der Waals surface area contributed by atoms with Crippen molar-refractivity contribution < 1.29 is 23.8 Å². The summed E-state index contributed by atoms with van der Waals surface area (Å²) in [5, 5.41) is 0. The van der Waals surface area contributed by atoms with E-state index in [9.17, 15) is 9.59 Å². The molecule has 1 heterocycles. The molecule has 0 aromatic heterocycles. The summed E-state index contributed by atoms with van der Waals surface area (Å²) < 4.78 is 17.1. The van der Waals surface area contributed by atoms with Gasteiger partial charge in [0.25, 0.3) is 0 Å². The molecule has 0 fully saturated rings. The zero-order valence-corrected chi connectivity index (χ0v) is 18.5. The molecule has 1 aliphatic rings. The minimum Gasteiger partial charge on any atom is -0.460 e. The van der Waals surface area contributed by atoms with E-state index in [0.29, 0.717) is 12.8 Å². The third-order valence-corrected chi connectivity index (χ3v) is 5.41. The van der Waals surface area contributed by atoms with Gasteiger partial charge in [-0.15, -0.1) is 5.73 Å². The summed E-state index contributed by atoms with van der Waals surface area (Å²) in [6, 6.07) is 0. The van der Waals surface area contributed by atoms with Gasteiger partial charge in [-0.3, -0.25) is 9.59 Å². The van der Waals surface area contributed by atoms with Crippen LogP contribution in [0.25, 0.3) is 0 Å². The quantitative estimate of drug-likeness (QED) is 0.214. The maximum absolute atomic E-state index is 11.6. The van der Waals surface area contributed by atoms with Crippen molar-refractivity contribution in [1.82, 2.24) is 0 Å². The van der Waals surface area contributed by atoms with E-state index in [4.69, 9.17) is 14.2 Å². The molecule has 0 aromatic carbocycles. The summed E-state index contributed by atoms with van der Waals surface area (Å²) in [4.78, 5) is 24.8. The van der Waals surface area contributed by atoms with Gasteiger partial charge < -0.3 is 14.2 Å². The van der Waals surface area contributed by atoms with Crippen molar-refractivity contribution >= 4 is 43.8 Å². The van der Waals surface area contributed by atoms with Gasteiger partial charge in [0.05, 0.1) is 12.2 Å². The van der Waals surface area contributed by atoms with Crippen LogP contribution >= 0.6 is 31.9 Å². The molecule has 0 aliphatic carbocycles. The SMILES string of the molecule is CCC(Br)C1CC=CC[C@@H]([C@H](CC(C=C=CBr)OC(C)=O)OC(C)=O)O1. The third-order valence-electron chi connectivity index (χ3n) is 3.91. The Bertz CT molecular complexity index is 554. The lowest BCUT2D eigenvalue weighted by Crippen LogP contribution is -2.39. The molecular formula is C19H26Br2O5. The van der Waals surface area contributed by atoms with E-state index in [2.05, 4.69) is 50.6 Å². The van der Waals surface area contributed by atoms with Crippen LogP contribution in [-0.4, -0.2) is 41.2 Å². The molecule has 0 saturated heterocycles. The minimum atomic E-state index is -0.564. The molecule has 26 heavy (non-hydrogen) atoms. The van der Waals surface area contributed by atoms with Crippen molar-refractivity contribution in [3.05, 3.63) is 28.9 Å². The number of alkyl halides is 1. The largest absolute Gasteiger partial charge is 0.460 e. The van der Waals surface area contributed by atoms with Crippen LogP contribution in [0.1, 0.15) is 46.5 Å². The summed E-state index contributed by atoms with van der Waals surface area (Å²) in [6.45, 7) is 4.80. The molecule has 0 saturated carbocycles. The Morgan fingerprint density at radius 1 is 1.23 bits per heavy atom. The first-order chi connectivity index (χ1) is 12.4. The molecule has 3 unspecified atom stereocenters. The highest BCUT2D eigenvalue weighted by atomic mass is 79.9. The van der Waals surface area contributed by atoms with E-state index in [1.165, 1.54) is 13.8 Å². The van der Waals surface area contributed by atoms with E-state index >= 15 is 0 Å². The van der Waals surface area contributed by atoms with Gasteiger partial charge >= 0.3 is 11.9 Å². The summed E-state index contributed by atoms with van der Waals surface area (Å²) in [6.07, 6.45) is 7.00. The Balaban J connectivity index is 2.98. The Morgan fingerprint density at radius 2 is 1.85 bits per heavy atom. The number of hydrogen-bond donors (Lipinski definition) is 0. The van der Waals surface area contributed by atoms with Crippen LogP contribution in [0.2, 0.25) is 0 Å². The number of esters is 2. The van der Waals surface area contributed by atoms with E-state index < -0.39 is 24.1 Å². The molecular weight excluding hydrogens is 468 g/mol. The zero-order valence-electron chi connectivity index (χ0n) is 15.3. The van der Waals surface area contributed by atoms with Gasteiger partial charge in [0.15, 0.2) is 0 Å². The fourth-order valence-corrected chi connectivity index (χ4v) is 3.25. The van der Waals surface area contributed by atoms with Crippen LogP contribution in [-0.2, 0) is 23.8 Å². The fourth-order valence-electron chi connectivity index (χ4n) is 2.76. The predicted octanol–water partition coefficient (Wildman–Crippen LogP) is 4.58. The van der Waals surface area contributed by atoms with Crippen molar-refractivity contribution in [3.8, 4) is 0 Å². The fraction of sp³-hybridized carbons (Fsp3) is 0.632. The molecule has 0 spiro atoms. The maximum atomic E-state index is 11.6. The van der Waals surface area contributed by atoms with Gasteiger partial charge in [-0.1, -0.05) is 50.9 Å². The van der Waals surface area contributed by atoms with E-state index in [0.717, 1.165) is 12.8 Å². The van der Waals surface area contributed by atoms with Crippen LogP contribution in [0.3, 0.4) is 0 Å². The molecule has 5 atom stereocenters. The number of rotatable bonds is 8. The summed E-state index contributed by atoms with van der Waals surface area (Å²) in [7, 11) is 0. The van der Waals surface area contributed by atoms with Gasteiger partial charge in [0.1, 0.15) is 12.2 Å². The van der Waals surface area contributed by atoms with Crippen LogP contribution < -0.4 is 0 Å². The van der Waals surface area contributed by atoms with Gasteiger partial charge in [-0.05, 0) is 25.3 Å². The summed E-state index contributed by atoms with van der Waals surface area (Å²) in [5.74, 6) is -0.800. The van der Waals surface area contributed by atoms with Crippen LogP contribution in [0, 0.1) is 0 Å². The lowest BCUT2D eigenvalue weighted by Gasteiger charge is -2.31. The molecule has 1 rings (SSSR count). The van der Waals surface area contributed by atoms with Crippen molar-refractivity contribution in [2.24, 2.45) is 0 Å². The molecule has 0 aromatic rings. The topological polar surface area (TPSA) is 61.8 Å². The second-order valence-corrected chi connectivity index (χ2v) is 7.69. The van der Waals surface area contributed by atoms with Crippen molar-refractivity contribution in [2.75, 3.05) is 0 Å². The number of carbonyl (C=O) groups excluding carboxylic acids is 2. The second kappa shape index (κ2) is 12.5. The highest BCUT2D eigenvalue weighted by molar-refractivity contribution is 9.11. The first-order valence-electron chi connectivity index (χ1n) is 8.67. The normalized spacial score (nSPS) is 23.0. The van der Waals surface area contributed by atoms with E-state index in [1.54, 1.807) is 11.1 Å². The predicted molar refractivity (Wildman–Crippen MR) is 107 cm³/mol. The number of hydrogen-bond acceptors (Lipinski definition) is 5. The second-order valence-electron chi connectivity index (χ2n) is 6.05. The number of carbonyl (C=O) groups is 2. The zero-order chi connectivity index (χ0) is 19.5. The first-order valence-corrected chi connectivity index (χ1v) is 10.5. The smallest absolute Gasteiger partial charge is 0.303 e. The summed E-state index contributed by atoms with van der Waals surface area (Å²) >= 11 is 6.79. The number of ether oxygens (including phenoxy) is 3. The molecule has 1 aliphatic heterocycles. The van der Waals surface area contributed by atoms with Gasteiger partial charge in [-0.2, -0.15) is 0 Å². The highest BCUT2D eigenvalue weighted by Crippen LogP contribution is 2.27. The minimum absolute atomic E-state index is 0.00744. The lowest BCUT2D eigenvalue weighted by atomic mass is 10.0. The maximum Gasteiger partial charge on any atom is 0.303 e. The standard InChI is InChI=1S/C19H26Br2O5/c1-4-16(21)17-9-5-6-10-18(26-17)19(25-14(3)23)12-15(8-7-11-20)24-13(2)22/h5-6,8,11,15-19H,4,9-10,12H2,1-3H3/t7?,15?,16?,17?,18-,19-/m0/s1. The molecule has 0 N–H and O–H groups in total. The average Bonchev–Trinajstić information content (AvgIpc) is 2.83. The Morgan fingerprint density at radius 3 is 2.38 bits per heavy atom. The molecule has 0 bridgehead atoms. The van der Waals surface area contributed by atoms with Crippen molar-refractivity contribution in [3.63, 3.8) is 0 Å². The molecule has 0 amide bonds. The highest BCUT2D eigenvalue weighted by Gasteiger charge is 2.32. The molecule has 146 valence electrons. The van der Waals surface area contributed by atoms with Crippen LogP contribution in [0.4, 0.5) is 0 Å². The number of halogens is 2. The molecule has 7 heteroatoms. The lowest BCUT2D eigenvalue weighted by molar-refractivity contribution is -0.163. The van der Waals surface area contributed by atoms with E-state index in [-0.39, 0.29) is 17.0 Å². The van der Waals surface area contributed by atoms with Crippen molar-refractivity contribution in [1.29, 1.82) is 0 Å². The average molecular weight is 494 g/mol. The third kappa shape index (κ3) is 8.67. The van der Waals surface area contributed by atoms with Crippen molar-refractivity contribution in [2.45, 2.75) is 75.7 Å². The van der Waals surface area contributed by atoms with E-state index in [1.807, 2.05) is 6.08 Å². The van der Waals surface area contributed by atoms with Crippen LogP contribution in [0.5, 0.6) is 0 Å². The Kier molecular flexibility index (Phi) is 11.1. The van der Waals surface area contributed by atoms with Gasteiger partial charge in [0.2, 0.25) is 0 Å². The summed E-state index contributed by atoms with van der Waals surface area (Å²) in [5.41, 5.74) is 2.85. The Hall–Kier alpha value is -0.880. The van der Waals surface area contributed by atoms with Gasteiger partial charge in [-0.25, -0.2) is 0 Å². The monoisotopic (exact) mass is 492 g/mol. The molecule has 0 radical (unpaired) electrons. The first kappa shape index (κ1) is 23.2.